The highest BCUT2D eigenvalue weighted by Gasteiger charge is 2.07. The summed E-state index contributed by atoms with van der Waals surface area (Å²) in [6.45, 7) is 0.797. The van der Waals surface area contributed by atoms with Crippen molar-refractivity contribution in [2.24, 2.45) is 9.98 Å². The Morgan fingerprint density at radius 3 is 3.33 bits per heavy atom. The Morgan fingerprint density at radius 2 is 2.44 bits per heavy atom. The minimum absolute atomic E-state index is 0.797. The molecule has 2 heteroatoms. The van der Waals surface area contributed by atoms with Crippen molar-refractivity contribution in [3.8, 4) is 0 Å². The van der Waals surface area contributed by atoms with E-state index in [0.29, 0.717) is 0 Å². The van der Waals surface area contributed by atoms with Gasteiger partial charge in [-0.1, -0.05) is 0 Å². The highest BCUT2D eigenvalue weighted by molar-refractivity contribution is 5.95. The number of fused-ring (bicyclic) bond motifs is 1. The number of rotatable bonds is 0. The van der Waals surface area contributed by atoms with Gasteiger partial charge in [-0.3, -0.25) is 9.98 Å². The summed E-state index contributed by atoms with van der Waals surface area (Å²) in [5.41, 5.74) is 2.45. The van der Waals surface area contributed by atoms with Gasteiger partial charge in [-0.05, 0) is 6.08 Å². The van der Waals surface area contributed by atoms with Crippen LogP contribution in [-0.2, 0) is 0 Å². The molecule has 2 nitrogen and oxygen atoms in total. The third-order valence-electron chi connectivity index (χ3n) is 1.44. The highest BCUT2D eigenvalue weighted by Crippen LogP contribution is 2.15. The Balaban J connectivity index is 2.46. The molecule has 2 aliphatic rings. The van der Waals surface area contributed by atoms with Crippen molar-refractivity contribution in [3.63, 3.8) is 0 Å². The SMILES string of the molecule is C1=NC=C2CN=CC=C12. The fraction of sp³-hybridized carbons (Fsp3) is 0.143. The Morgan fingerprint density at radius 1 is 1.44 bits per heavy atom. The summed E-state index contributed by atoms with van der Waals surface area (Å²) in [5.74, 6) is 0. The van der Waals surface area contributed by atoms with Gasteiger partial charge in [0.2, 0.25) is 0 Å². The number of allylic oxidation sites excluding steroid dienone is 1. The predicted octanol–water partition coefficient (Wildman–Crippen LogP) is 0.966. The molecule has 0 saturated heterocycles. The first-order chi connectivity index (χ1) is 4.47. The molecule has 0 radical (unpaired) electrons. The molecule has 0 spiro atoms. The molecule has 2 rings (SSSR count). The fourth-order valence-electron chi connectivity index (χ4n) is 0.931. The summed E-state index contributed by atoms with van der Waals surface area (Å²) in [4.78, 5) is 8.06. The van der Waals surface area contributed by atoms with E-state index in [1.807, 2.05) is 24.7 Å². The van der Waals surface area contributed by atoms with E-state index in [4.69, 9.17) is 0 Å². The average Bonchev–Trinajstić information content (AvgIpc) is 2.33. The van der Waals surface area contributed by atoms with Crippen LogP contribution in [0.5, 0.6) is 0 Å². The van der Waals surface area contributed by atoms with Crippen LogP contribution in [0, 0.1) is 0 Å². The van der Waals surface area contributed by atoms with Crippen molar-refractivity contribution in [3.05, 3.63) is 23.4 Å². The summed E-state index contributed by atoms with van der Waals surface area (Å²) < 4.78 is 0. The smallest absolute Gasteiger partial charge is 0.0661 e. The van der Waals surface area contributed by atoms with Crippen molar-refractivity contribution < 1.29 is 0 Å². The van der Waals surface area contributed by atoms with Crippen molar-refractivity contribution >= 4 is 12.4 Å². The van der Waals surface area contributed by atoms with Crippen LogP contribution in [0.2, 0.25) is 0 Å². The number of dihydropyridines is 1. The quantitative estimate of drug-likeness (QED) is 0.452. The predicted molar refractivity (Wildman–Crippen MR) is 38.0 cm³/mol. The van der Waals surface area contributed by atoms with Crippen LogP contribution in [0.3, 0.4) is 0 Å². The molecule has 2 heterocycles. The minimum Gasteiger partial charge on any atom is -0.288 e. The van der Waals surface area contributed by atoms with Gasteiger partial charge in [0.15, 0.2) is 0 Å². The fourth-order valence-corrected chi connectivity index (χ4v) is 0.931. The van der Waals surface area contributed by atoms with Crippen molar-refractivity contribution in [2.75, 3.05) is 6.54 Å². The van der Waals surface area contributed by atoms with Crippen LogP contribution < -0.4 is 0 Å². The standard InChI is InChI=1S/C7H6N2/c1-2-8-4-7-5-9-3-6(1)7/h1-3,5H,4H2. The van der Waals surface area contributed by atoms with E-state index >= 15 is 0 Å². The lowest BCUT2D eigenvalue weighted by Crippen LogP contribution is -1.96. The Bertz CT molecular complexity index is 244. The third-order valence-corrected chi connectivity index (χ3v) is 1.44. The first kappa shape index (κ1) is 4.68. The first-order valence-electron chi connectivity index (χ1n) is 2.89. The van der Waals surface area contributed by atoms with E-state index < -0.39 is 0 Å². The molecule has 0 saturated carbocycles. The van der Waals surface area contributed by atoms with E-state index in [1.54, 1.807) is 0 Å². The second-order valence-corrected chi connectivity index (χ2v) is 2.04. The summed E-state index contributed by atoms with van der Waals surface area (Å²) in [7, 11) is 0. The van der Waals surface area contributed by atoms with Gasteiger partial charge in [-0.15, -0.1) is 0 Å². The molecule has 0 unspecified atom stereocenters. The lowest BCUT2D eigenvalue weighted by atomic mass is 10.1. The monoisotopic (exact) mass is 118 g/mol. The Kier molecular flexibility index (Phi) is 0.859. The van der Waals surface area contributed by atoms with Crippen molar-refractivity contribution in [1.29, 1.82) is 0 Å². The molecule has 0 amide bonds. The van der Waals surface area contributed by atoms with Gasteiger partial charge < -0.3 is 0 Å². The van der Waals surface area contributed by atoms with E-state index in [0.717, 1.165) is 6.54 Å². The minimum atomic E-state index is 0.797. The molecule has 0 N–H and O–H groups in total. The number of nitrogens with zero attached hydrogens (tertiary/aromatic N) is 2. The second kappa shape index (κ2) is 1.65. The van der Waals surface area contributed by atoms with Crippen LogP contribution in [0.1, 0.15) is 0 Å². The van der Waals surface area contributed by atoms with E-state index in [-0.39, 0.29) is 0 Å². The van der Waals surface area contributed by atoms with Crippen LogP contribution in [0.4, 0.5) is 0 Å². The van der Waals surface area contributed by atoms with Crippen LogP contribution in [-0.4, -0.2) is 19.0 Å². The molecular formula is C7H6N2. The molecule has 44 valence electrons. The number of hydrogen-bond acceptors (Lipinski definition) is 2. The summed E-state index contributed by atoms with van der Waals surface area (Å²) in [6, 6.07) is 0. The Hall–Kier alpha value is -1.18. The zero-order valence-corrected chi connectivity index (χ0v) is 4.91. The largest absolute Gasteiger partial charge is 0.288 e. The Labute approximate surface area is 53.3 Å². The average molecular weight is 118 g/mol. The maximum absolute atomic E-state index is 4.07. The molecule has 9 heavy (non-hydrogen) atoms. The van der Waals surface area contributed by atoms with Crippen molar-refractivity contribution in [1.82, 2.24) is 0 Å². The second-order valence-electron chi connectivity index (χ2n) is 2.04. The van der Waals surface area contributed by atoms with Gasteiger partial charge in [0, 0.05) is 29.8 Å². The maximum atomic E-state index is 4.07. The topological polar surface area (TPSA) is 24.7 Å². The summed E-state index contributed by atoms with van der Waals surface area (Å²) >= 11 is 0. The van der Waals surface area contributed by atoms with Gasteiger partial charge in [0.05, 0.1) is 6.54 Å². The highest BCUT2D eigenvalue weighted by atomic mass is 14.8. The molecule has 0 aromatic heterocycles. The van der Waals surface area contributed by atoms with Crippen LogP contribution >= 0.6 is 0 Å². The molecule has 0 atom stereocenters. The van der Waals surface area contributed by atoms with E-state index in [1.165, 1.54) is 11.1 Å². The normalized spacial score (nSPS) is 21.3. The van der Waals surface area contributed by atoms with Gasteiger partial charge in [0.25, 0.3) is 0 Å². The number of hydrogen-bond donors (Lipinski definition) is 0. The zero-order chi connectivity index (χ0) is 6.10. The molecule has 2 aliphatic heterocycles. The van der Waals surface area contributed by atoms with Gasteiger partial charge in [-0.2, -0.15) is 0 Å². The third kappa shape index (κ3) is 0.633. The molecule has 0 fully saturated rings. The van der Waals surface area contributed by atoms with Gasteiger partial charge >= 0.3 is 0 Å². The van der Waals surface area contributed by atoms with Crippen LogP contribution in [0.15, 0.2) is 33.4 Å². The van der Waals surface area contributed by atoms with E-state index in [2.05, 4.69) is 9.98 Å². The zero-order valence-electron chi connectivity index (χ0n) is 4.91. The molecule has 0 aromatic rings. The molecular weight excluding hydrogens is 112 g/mol. The lowest BCUT2D eigenvalue weighted by molar-refractivity contribution is 1.17. The van der Waals surface area contributed by atoms with Gasteiger partial charge in [-0.25, -0.2) is 0 Å². The first-order valence-corrected chi connectivity index (χ1v) is 2.89. The van der Waals surface area contributed by atoms with Gasteiger partial charge in [0.1, 0.15) is 0 Å². The van der Waals surface area contributed by atoms with Crippen molar-refractivity contribution in [2.45, 2.75) is 0 Å². The number of aliphatic imine (C=N–C) groups is 2. The molecule has 0 aromatic carbocycles. The van der Waals surface area contributed by atoms with E-state index in [9.17, 15) is 0 Å². The lowest BCUT2D eigenvalue weighted by Gasteiger charge is -2.01. The summed E-state index contributed by atoms with van der Waals surface area (Å²) in [5, 5.41) is 0. The maximum Gasteiger partial charge on any atom is 0.0661 e. The molecule has 0 aliphatic carbocycles. The molecule has 0 bridgehead atoms. The van der Waals surface area contributed by atoms with Crippen LogP contribution in [0.25, 0.3) is 0 Å². The summed E-state index contributed by atoms with van der Waals surface area (Å²) in [6.07, 6.45) is 7.53.